The molecule has 0 aliphatic rings. The van der Waals surface area contributed by atoms with Crippen LogP contribution < -0.4 is 16.0 Å². The minimum absolute atomic E-state index is 0.153. The third-order valence-corrected chi connectivity index (χ3v) is 3.40. The number of nitrogens with two attached hydrogens (primary N) is 1. The fourth-order valence-electron chi connectivity index (χ4n) is 1.82. The van der Waals surface area contributed by atoms with Gasteiger partial charge in [-0.25, -0.2) is 4.79 Å². The van der Waals surface area contributed by atoms with E-state index in [0.717, 1.165) is 22.1 Å². The second kappa shape index (κ2) is 7.89. The summed E-state index contributed by atoms with van der Waals surface area (Å²) < 4.78 is 0.874. The molecule has 0 radical (unpaired) electrons. The molecule has 1 aromatic rings. The van der Waals surface area contributed by atoms with Crippen molar-refractivity contribution in [2.24, 2.45) is 10.7 Å². The number of carbonyl (C=O) groups is 1. The molecule has 5 nitrogen and oxygen atoms in total. The molecule has 110 valence electrons. The predicted molar refractivity (Wildman–Crippen MR) is 87.2 cm³/mol. The van der Waals surface area contributed by atoms with Crippen LogP contribution in [0.25, 0.3) is 0 Å². The highest BCUT2D eigenvalue weighted by Crippen LogP contribution is 2.29. The van der Waals surface area contributed by atoms with Crippen molar-refractivity contribution >= 4 is 33.6 Å². The van der Waals surface area contributed by atoms with Crippen LogP contribution in [-0.2, 0) is 0 Å². The van der Waals surface area contributed by atoms with Crippen LogP contribution in [0, 0.1) is 6.92 Å². The first-order valence-electron chi connectivity index (χ1n) is 6.64. The topological polar surface area (TPSA) is 70.7 Å². The quantitative estimate of drug-likeness (QED) is 0.653. The molecule has 1 rings (SSSR count). The summed E-state index contributed by atoms with van der Waals surface area (Å²) in [7, 11) is 0. The summed E-state index contributed by atoms with van der Waals surface area (Å²) >= 11 is 3.48. The number of nitrogens with zero attached hydrogens (tertiary/aromatic N) is 2. The van der Waals surface area contributed by atoms with Gasteiger partial charge in [-0.3, -0.25) is 15.2 Å². The van der Waals surface area contributed by atoms with Crippen molar-refractivity contribution in [3.8, 4) is 0 Å². The minimum Gasteiger partial charge on any atom is -0.370 e. The third kappa shape index (κ3) is 4.23. The zero-order valence-electron chi connectivity index (χ0n) is 12.1. The van der Waals surface area contributed by atoms with Crippen molar-refractivity contribution in [3.63, 3.8) is 0 Å². The van der Waals surface area contributed by atoms with E-state index in [2.05, 4.69) is 26.2 Å². The Hall–Kier alpha value is -1.56. The van der Waals surface area contributed by atoms with Crippen molar-refractivity contribution < 1.29 is 4.79 Å². The van der Waals surface area contributed by atoms with Gasteiger partial charge in [0, 0.05) is 17.6 Å². The molecule has 20 heavy (non-hydrogen) atoms. The summed E-state index contributed by atoms with van der Waals surface area (Å²) in [5, 5.41) is 2.61. The Labute approximate surface area is 128 Å². The van der Waals surface area contributed by atoms with Crippen molar-refractivity contribution in [1.29, 1.82) is 0 Å². The molecular formula is C14H21BrN4O. The molecule has 0 spiro atoms. The smallest absolute Gasteiger partial charge is 0.328 e. The number of rotatable bonds is 4. The summed E-state index contributed by atoms with van der Waals surface area (Å²) in [6, 6.07) is 5.53. The van der Waals surface area contributed by atoms with Gasteiger partial charge in [0.15, 0.2) is 5.96 Å². The van der Waals surface area contributed by atoms with Gasteiger partial charge in [-0.1, -0.05) is 19.1 Å². The largest absolute Gasteiger partial charge is 0.370 e. The average Bonchev–Trinajstić information content (AvgIpc) is 2.40. The SMILES string of the molecule is CCCN=C(N)NC(=O)N(CC)c1c(C)cccc1Br. The van der Waals surface area contributed by atoms with Gasteiger partial charge in [0.05, 0.1) is 5.69 Å². The van der Waals surface area contributed by atoms with Crippen molar-refractivity contribution in [2.45, 2.75) is 27.2 Å². The molecule has 2 amide bonds. The summed E-state index contributed by atoms with van der Waals surface area (Å²) in [5.74, 6) is 0.153. The summed E-state index contributed by atoms with van der Waals surface area (Å²) in [6.45, 7) is 7.02. The number of halogens is 1. The van der Waals surface area contributed by atoms with E-state index in [1.54, 1.807) is 4.90 Å². The highest BCUT2D eigenvalue weighted by molar-refractivity contribution is 9.10. The van der Waals surface area contributed by atoms with E-state index in [9.17, 15) is 4.79 Å². The number of amides is 2. The number of para-hydroxylation sites is 1. The van der Waals surface area contributed by atoms with Crippen LogP contribution in [0.2, 0.25) is 0 Å². The van der Waals surface area contributed by atoms with Gasteiger partial charge in [-0.05, 0) is 47.8 Å². The van der Waals surface area contributed by atoms with Crippen LogP contribution in [0.4, 0.5) is 10.5 Å². The molecule has 3 N–H and O–H groups in total. The number of benzene rings is 1. The lowest BCUT2D eigenvalue weighted by atomic mass is 10.2. The van der Waals surface area contributed by atoms with Crippen molar-refractivity contribution in [2.75, 3.05) is 18.0 Å². The van der Waals surface area contributed by atoms with Crippen molar-refractivity contribution in [1.82, 2.24) is 5.32 Å². The molecule has 0 unspecified atom stereocenters. The van der Waals surface area contributed by atoms with Crippen molar-refractivity contribution in [3.05, 3.63) is 28.2 Å². The van der Waals surface area contributed by atoms with Gasteiger partial charge >= 0.3 is 6.03 Å². The van der Waals surface area contributed by atoms with Crippen LogP contribution in [0.15, 0.2) is 27.7 Å². The number of guanidine groups is 1. The third-order valence-electron chi connectivity index (χ3n) is 2.76. The maximum atomic E-state index is 12.3. The van der Waals surface area contributed by atoms with Crippen LogP contribution in [-0.4, -0.2) is 25.1 Å². The Balaban J connectivity index is 2.93. The number of hydrogen-bond donors (Lipinski definition) is 2. The summed E-state index contributed by atoms with van der Waals surface area (Å²) in [4.78, 5) is 18.0. The maximum absolute atomic E-state index is 12.3. The number of hydrogen-bond acceptors (Lipinski definition) is 2. The molecular weight excluding hydrogens is 320 g/mol. The molecule has 6 heteroatoms. The van der Waals surface area contributed by atoms with Crippen LogP contribution in [0.3, 0.4) is 0 Å². The highest BCUT2D eigenvalue weighted by Gasteiger charge is 2.18. The molecule has 0 saturated heterocycles. The Morgan fingerprint density at radius 3 is 2.70 bits per heavy atom. The Kier molecular flexibility index (Phi) is 6.51. The fraction of sp³-hybridized carbons (Fsp3) is 0.429. The number of aryl methyl sites for hydroxylation is 1. The second-order valence-electron chi connectivity index (χ2n) is 4.35. The van der Waals surface area contributed by atoms with E-state index in [1.165, 1.54) is 0 Å². The predicted octanol–water partition coefficient (Wildman–Crippen LogP) is 3.02. The van der Waals surface area contributed by atoms with E-state index in [-0.39, 0.29) is 12.0 Å². The fourth-order valence-corrected chi connectivity index (χ4v) is 2.50. The molecule has 0 aliphatic heterocycles. The van der Waals surface area contributed by atoms with Crippen LogP contribution in [0.5, 0.6) is 0 Å². The van der Waals surface area contributed by atoms with Crippen LogP contribution >= 0.6 is 15.9 Å². The lowest BCUT2D eigenvalue weighted by molar-refractivity contribution is 0.250. The number of aliphatic imine (C=N–C) groups is 1. The van der Waals surface area contributed by atoms with Gasteiger partial charge in [-0.2, -0.15) is 0 Å². The summed E-state index contributed by atoms with van der Waals surface area (Å²) in [6.07, 6.45) is 0.886. The first-order valence-corrected chi connectivity index (χ1v) is 7.44. The number of urea groups is 1. The molecule has 0 aliphatic carbocycles. The average molecular weight is 341 g/mol. The van der Waals surface area contributed by atoms with Crippen LogP contribution in [0.1, 0.15) is 25.8 Å². The monoisotopic (exact) mass is 340 g/mol. The molecule has 0 heterocycles. The van der Waals surface area contributed by atoms with Gasteiger partial charge in [0.2, 0.25) is 0 Å². The highest BCUT2D eigenvalue weighted by atomic mass is 79.9. The normalized spacial score (nSPS) is 11.3. The van der Waals surface area contributed by atoms with E-state index in [1.807, 2.05) is 39.0 Å². The Morgan fingerprint density at radius 1 is 1.45 bits per heavy atom. The van der Waals surface area contributed by atoms with E-state index >= 15 is 0 Å². The molecule has 0 atom stereocenters. The molecule has 0 bridgehead atoms. The first kappa shape index (κ1) is 16.5. The lowest BCUT2D eigenvalue weighted by Gasteiger charge is -2.24. The molecule has 1 aromatic carbocycles. The second-order valence-corrected chi connectivity index (χ2v) is 5.20. The van der Waals surface area contributed by atoms with Gasteiger partial charge in [-0.15, -0.1) is 0 Å². The maximum Gasteiger partial charge on any atom is 0.328 e. The number of anilines is 1. The van der Waals surface area contributed by atoms with E-state index in [4.69, 9.17) is 5.73 Å². The first-order chi connectivity index (χ1) is 9.51. The van der Waals surface area contributed by atoms with E-state index in [0.29, 0.717) is 13.1 Å². The van der Waals surface area contributed by atoms with E-state index < -0.39 is 0 Å². The molecule has 0 fully saturated rings. The van der Waals surface area contributed by atoms with Gasteiger partial charge < -0.3 is 5.73 Å². The zero-order valence-corrected chi connectivity index (χ0v) is 13.7. The Morgan fingerprint density at radius 2 is 2.15 bits per heavy atom. The zero-order chi connectivity index (χ0) is 15.1. The number of nitrogens with one attached hydrogen (secondary N) is 1. The Bertz CT molecular complexity index is 482. The molecule has 0 saturated carbocycles. The summed E-state index contributed by atoms with van der Waals surface area (Å²) in [5.41, 5.74) is 7.54. The standard InChI is InChI=1S/C14H21BrN4O/c1-4-9-17-13(16)18-14(20)19(5-2)12-10(3)7-6-8-11(12)15/h6-8H,4-5,9H2,1-3H3,(H3,16,17,18,20). The van der Waals surface area contributed by atoms with Gasteiger partial charge in [0.25, 0.3) is 0 Å². The number of carbonyl (C=O) groups excluding carboxylic acids is 1. The molecule has 0 aromatic heterocycles. The minimum atomic E-state index is -0.278. The lowest BCUT2D eigenvalue weighted by Crippen LogP contribution is -2.46. The van der Waals surface area contributed by atoms with Gasteiger partial charge in [0.1, 0.15) is 0 Å².